The highest BCUT2D eigenvalue weighted by Gasteiger charge is 2.06. The Labute approximate surface area is 112 Å². The molecule has 0 saturated carbocycles. The number of hydrogen-bond donors (Lipinski definition) is 2. The van der Waals surface area contributed by atoms with E-state index in [-0.39, 0.29) is 5.69 Å². The summed E-state index contributed by atoms with van der Waals surface area (Å²) in [5.74, 6) is -0.133. The fourth-order valence-electron chi connectivity index (χ4n) is 1.85. The van der Waals surface area contributed by atoms with Gasteiger partial charge in [0.05, 0.1) is 0 Å². The molecule has 2 rings (SSSR count). The zero-order chi connectivity index (χ0) is 13.7. The number of amides is 1. The van der Waals surface area contributed by atoms with Crippen LogP contribution >= 0.6 is 0 Å². The molecule has 4 nitrogen and oxygen atoms in total. The van der Waals surface area contributed by atoms with Crippen molar-refractivity contribution < 1.29 is 4.79 Å². The standard InChI is InChI=1S/C15H17N3O/c1-11(12-5-3-2-4-6-12)10-18-13-7-8-17-14(9-13)15(16)19/h2-9,11H,10H2,1H3,(H2,16,19)(H,17,18). The number of primary amides is 1. The molecule has 0 fully saturated rings. The third-order valence-electron chi connectivity index (χ3n) is 2.99. The van der Waals surface area contributed by atoms with Crippen LogP contribution in [0.1, 0.15) is 28.9 Å². The zero-order valence-electron chi connectivity index (χ0n) is 10.8. The highest BCUT2D eigenvalue weighted by molar-refractivity contribution is 5.91. The topological polar surface area (TPSA) is 68.0 Å². The lowest BCUT2D eigenvalue weighted by molar-refractivity contribution is 0.0995. The second-order valence-corrected chi connectivity index (χ2v) is 4.49. The molecule has 0 saturated heterocycles. The molecular weight excluding hydrogens is 238 g/mol. The first-order valence-corrected chi connectivity index (χ1v) is 6.21. The van der Waals surface area contributed by atoms with E-state index >= 15 is 0 Å². The van der Waals surface area contributed by atoms with Crippen molar-refractivity contribution in [2.75, 3.05) is 11.9 Å². The van der Waals surface area contributed by atoms with Crippen molar-refractivity contribution in [3.05, 3.63) is 59.9 Å². The van der Waals surface area contributed by atoms with Crippen molar-refractivity contribution in [3.63, 3.8) is 0 Å². The summed E-state index contributed by atoms with van der Waals surface area (Å²) in [6.07, 6.45) is 1.58. The van der Waals surface area contributed by atoms with Gasteiger partial charge in [-0.05, 0) is 23.6 Å². The van der Waals surface area contributed by atoms with E-state index in [0.717, 1.165) is 12.2 Å². The van der Waals surface area contributed by atoms with E-state index in [1.165, 1.54) is 5.56 Å². The fraction of sp³-hybridized carbons (Fsp3) is 0.200. The number of nitrogens with one attached hydrogen (secondary N) is 1. The predicted octanol–water partition coefficient (Wildman–Crippen LogP) is 2.40. The van der Waals surface area contributed by atoms with E-state index in [4.69, 9.17) is 5.73 Å². The van der Waals surface area contributed by atoms with Gasteiger partial charge in [-0.2, -0.15) is 0 Å². The second-order valence-electron chi connectivity index (χ2n) is 4.49. The van der Waals surface area contributed by atoms with Crippen LogP contribution < -0.4 is 11.1 Å². The average Bonchev–Trinajstić information content (AvgIpc) is 2.46. The van der Waals surface area contributed by atoms with Crippen LogP contribution in [-0.2, 0) is 0 Å². The fourth-order valence-corrected chi connectivity index (χ4v) is 1.85. The second kappa shape index (κ2) is 6.00. The molecule has 1 unspecified atom stereocenters. The van der Waals surface area contributed by atoms with Crippen LogP contribution in [0.5, 0.6) is 0 Å². The van der Waals surface area contributed by atoms with E-state index in [1.54, 1.807) is 12.3 Å². The predicted molar refractivity (Wildman–Crippen MR) is 76.1 cm³/mol. The van der Waals surface area contributed by atoms with Crippen molar-refractivity contribution in [1.82, 2.24) is 4.98 Å². The first-order chi connectivity index (χ1) is 9.16. The quantitative estimate of drug-likeness (QED) is 0.862. The maximum Gasteiger partial charge on any atom is 0.267 e. The lowest BCUT2D eigenvalue weighted by Crippen LogP contribution is -2.14. The Bertz CT molecular complexity index is 554. The van der Waals surface area contributed by atoms with Crippen molar-refractivity contribution in [2.24, 2.45) is 5.73 Å². The van der Waals surface area contributed by atoms with Gasteiger partial charge < -0.3 is 11.1 Å². The molecule has 4 heteroatoms. The number of nitrogens with zero attached hydrogens (tertiary/aromatic N) is 1. The van der Waals surface area contributed by atoms with Gasteiger partial charge in [0, 0.05) is 18.4 Å². The Kier molecular flexibility index (Phi) is 4.13. The van der Waals surface area contributed by atoms with Crippen LogP contribution in [0.25, 0.3) is 0 Å². The number of carbonyl (C=O) groups is 1. The first kappa shape index (κ1) is 13.1. The molecule has 2 aromatic rings. The molecule has 1 amide bonds. The smallest absolute Gasteiger partial charge is 0.267 e. The summed E-state index contributed by atoms with van der Waals surface area (Å²) in [6, 6.07) is 13.8. The van der Waals surface area contributed by atoms with Crippen LogP contribution in [0, 0.1) is 0 Å². The largest absolute Gasteiger partial charge is 0.384 e. The summed E-state index contributed by atoms with van der Waals surface area (Å²) in [6.45, 7) is 2.94. The minimum atomic E-state index is -0.514. The molecule has 0 bridgehead atoms. The maximum atomic E-state index is 11.0. The van der Waals surface area contributed by atoms with Gasteiger partial charge >= 0.3 is 0 Å². The monoisotopic (exact) mass is 255 g/mol. The summed E-state index contributed by atoms with van der Waals surface area (Å²) >= 11 is 0. The maximum absolute atomic E-state index is 11.0. The normalized spacial score (nSPS) is 11.8. The average molecular weight is 255 g/mol. The molecule has 0 aliphatic heterocycles. The van der Waals surface area contributed by atoms with E-state index in [2.05, 4.69) is 29.4 Å². The molecule has 1 aromatic carbocycles. The first-order valence-electron chi connectivity index (χ1n) is 6.21. The number of pyridine rings is 1. The van der Waals surface area contributed by atoms with Gasteiger partial charge in [0.2, 0.25) is 0 Å². The number of rotatable bonds is 5. The number of hydrogen-bond acceptors (Lipinski definition) is 3. The zero-order valence-corrected chi connectivity index (χ0v) is 10.8. The molecule has 0 aliphatic carbocycles. The lowest BCUT2D eigenvalue weighted by atomic mass is 10.0. The van der Waals surface area contributed by atoms with Crippen molar-refractivity contribution in [2.45, 2.75) is 12.8 Å². The molecule has 1 aromatic heterocycles. The van der Waals surface area contributed by atoms with Crippen molar-refractivity contribution in [1.29, 1.82) is 0 Å². The van der Waals surface area contributed by atoms with Crippen LogP contribution in [0.2, 0.25) is 0 Å². The Balaban J connectivity index is 1.99. The summed E-state index contributed by atoms with van der Waals surface area (Å²) in [4.78, 5) is 15.0. The number of nitrogens with two attached hydrogens (primary N) is 1. The summed E-state index contributed by atoms with van der Waals surface area (Å²) in [7, 11) is 0. The highest BCUT2D eigenvalue weighted by atomic mass is 16.1. The number of anilines is 1. The van der Waals surface area contributed by atoms with Gasteiger partial charge in [-0.25, -0.2) is 0 Å². The van der Waals surface area contributed by atoms with Gasteiger partial charge in [-0.15, -0.1) is 0 Å². The van der Waals surface area contributed by atoms with Gasteiger partial charge in [-0.3, -0.25) is 9.78 Å². The summed E-state index contributed by atoms with van der Waals surface area (Å²) < 4.78 is 0. The number of carbonyl (C=O) groups excluding carboxylic acids is 1. The molecule has 0 radical (unpaired) electrons. The van der Waals surface area contributed by atoms with Crippen molar-refractivity contribution in [3.8, 4) is 0 Å². The molecule has 1 atom stereocenters. The minimum absolute atomic E-state index is 0.275. The third kappa shape index (κ3) is 3.55. The molecule has 0 spiro atoms. The van der Waals surface area contributed by atoms with Gasteiger partial charge in [0.25, 0.3) is 5.91 Å². The summed E-state index contributed by atoms with van der Waals surface area (Å²) in [5.41, 5.74) is 7.61. The highest BCUT2D eigenvalue weighted by Crippen LogP contribution is 2.16. The Morgan fingerprint density at radius 1 is 1.32 bits per heavy atom. The Morgan fingerprint density at radius 2 is 2.05 bits per heavy atom. The molecule has 1 heterocycles. The van der Waals surface area contributed by atoms with E-state index in [1.807, 2.05) is 24.3 Å². The Morgan fingerprint density at radius 3 is 2.74 bits per heavy atom. The van der Waals surface area contributed by atoms with Crippen LogP contribution in [-0.4, -0.2) is 17.4 Å². The van der Waals surface area contributed by atoms with Gasteiger partial charge in [0.15, 0.2) is 0 Å². The molecule has 19 heavy (non-hydrogen) atoms. The summed E-state index contributed by atoms with van der Waals surface area (Å²) in [5, 5.41) is 3.29. The van der Waals surface area contributed by atoms with Crippen LogP contribution in [0.4, 0.5) is 5.69 Å². The minimum Gasteiger partial charge on any atom is -0.384 e. The number of benzene rings is 1. The van der Waals surface area contributed by atoms with E-state index in [9.17, 15) is 4.79 Å². The Hall–Kier alpha value is -2.36. The van der Waals surface area contributed by atoms with Crippen LogP contribution in [0.3, 0.4) is 0 Å². The SMILES string of the molecule is CC(CNc1ccnc(C(N)=O)c1)c1ccccc1. The van der Waals surface area contributed by atoms with Crippen LogP contribution in [0.15, 0.2) is 48.7 Å². The molecule has 98 valence electrons. The van der Waals surface area contributed by atoms with E-state index in [0.29, 0.717) is 5.92 Å². The lowest BCUT2D eigenvalue weighted by Gasteiger charge is -2.14. The number of aromatic nitrogens is 1. The van der Waals surface area contributed by atoms with Gasteiger partial charge in [-0.1, -0.05) is 37.3 Å². The molecule has 3 N–H and O–H groups in total. The molecule has 0 aliphatic rings. The van der Waals surface area contributed by atoms with E-state index < -0.39 is 5.91 Å². The van der Waals surface area contributed by atoms with Crippen molar-refractivity contribution >= 4 is 11.6 Å². The van der Waals surface area contributed by atoms with Gasteiger partial charge in [0.1, 0.15) is 5.69 Å². The molecular formula is C15H17N3O. The third-order valence-corrected chi connectivity index (χ3v) is 2.99.